The van der Waals surface area contributed by atoms with Crippen LogP contribution < -0.4 is 0 Å². The summed E-state index contributed by atoms with van der Waals surface area (Å²) in [6.07, 6.45) is 2.77. The second kappa shape index (κ2) is 9.39. The van der Waals surface area contributed by atoms with Crippen molar-refractivity contribution < 1.29 is 14.0 Å². The maximum absolute atomic E-state index is 15.0. The second-order valence-corrected chi connectivity index (χ2v) is 9.11. The third-order valence-electron chi connectivity index (χ3n) is 6.19. The number of hydrogen-bond acceptors (Lipinski definition) is 4. The molecule has 6 nitrogen and oxygen atoms in total. The quantitative estimate of drug-likeness (QED) is 0.655. The Bertz CT molecular complexity index is 661. The predicted octanol–water partition coefficient (Wildman–Crippen LogP) is 2.28. The summed E-state index contributed by atoms with van der Waals surface area (Å²) in [6.45, 7) is 19.5. The van der Waals surface area contributed by atoms with Gasteiger partial charge in [-0.05, 0) is 53.7 Å². The molecule has 0 aliphatic carbocycles. The van der Waals surface area contributed by atoms with Crippen molar-refractivity contribution in [1.82, 2.24) is 19.6 Å². The van der Waals surface area contributed by atoms with E-state index in [1.54, 1.807) is 9.80 Å². The first kappa shape index (κ1) is 23.5. The summed E-state index contributed by atoms with van der Waals surface area (Å²) in [7, 11) is 0. The number of carbonyl (C=O) groups is 2. The Balaban J connectivity index is 2.06. The number of halogens is 1. The van der Waals surface area contributed by atoms with Crippen LogP contribution in [0.4, 0.5) is 4.39 Å². The molecule has 2 aliphatic heterocycles. The highest BCUT2D eigenvalue weighted by molar-refractivity contribution is 5.91. The van der Waals surface area contributed by atoms with E-state index in [0.717, 1.165) is 13.1 Å². The monoisotopic (exact) mass is 408 g/mol. The van der Waals surface area contributed by atoms with E-state index >= 15 is 0 Å². The lowest BCUT2D eigenvalue weighted by molar-refractivity contribution is -0.133. The van der Waals surface area contributed by atoms with E-state index < -0.39 is 17.3 Å². The van der Waals surface area contributed by atoms with Gasteiger partial charge in [-0.1, -0.05) is 6.58 Å². The van der Waals surface area contributed by atoms with Gasteiger partial charge < -0.3 is 9.80 Å². The van der Waals surface area contributed by atoms with Crippen molar-refractivity contribution in [3.63, 3.8) is 0 Å². The van der Waals surface area contributed by atoms with Gasteiger partial charge in [0.1, 0.15) is 0 Å². The van der Waals surface area contributed by atoms with Crippen LogP contribution in [0.3, 0.4) is 0 Å². The molecule has 0 aromatic carbocycles. The molecule has 2 aliphatic rings. The molecule has 2 rings (SSSR count). The van der Waals surface area contributed by atoms with Crippen LogP contribution >= 0.6 is 0 Å². The zero-order chi connectivity index (χ0) is 21.9. The molecule has 0 spiro atoms. The molecule has 2 atom stereocenters. The van der Waals surface area contributed by atoms with Gasteiger partial charge in [0.15, 0.2) is 5.83 Å². The van der Waals surface area contributed by atoms with Gasteiger partial charge >= 0.3 is 0 Å². The zero-order valence-corrected chi connectivity index (χ0v) is 18.8. The van der Waals surface area contributed by atoms with Gasteiger partial charge in [0.25, 0.3) is 5.91 Å². The van der Waals surface area contributed by atoms with Crippen molar-refractivity contribution in [2.75, 3.05) is 39.3 Å². The van der Waals surface area contributed by atoms with Crippen molar-refractivity contribution >= 4 is 11.8 Å². The van der Waals surface area contributed by atoms with Gasteiger partial charge in [-0.15, -0.1) is 0 Å². The Hall–Kier alpha value is -1.73. The van der Waals surface area contributed by atoms with Crippen LogP contribution in [0.25, 0.3) is 0 Å². The van der Waals surface area contributed by atoms with E-state index in [-0.39, 0.29) is 18.0 Å². The highest BCUT2D eigenvalue weighted by Crippen LogP contribution is 2.26. The summed E-state index contributed by atoms with van der Waals surface area (Å²) < 4.78 is 15.0. The average Bonchev–Trinajstić information content (AvgIpc) is 2.65. The fraction of sp³-hybridized carbons (Fsp3) is 0.727. The normalized spacial score (nSPS) is 25.4. The van der Waals surface area contributed by atoms with E-state index in [1.807, 2.05) is 27.7 Å². The van der Waals surface area contributed by atoms with E-state index in [9.17, 15) is 14.0 Å². The number of hydrogen-bond donors (Lipinski definition) is 0. The van der Waals surface area contributed by atoms with Gasteiger partial charge in [-0.25, -0.2) is 4.39 Å². The molecule has 7 heteroatoms. The Kier molecular flexibility index (Phi) is 7.62. The minimum Gasteiger partial charge on any atom is -0.336 e. The zero-order valence-electron chi connectivity index (χ0n) is 18.8. The molecule has 0 radical (unpaired) electrons. The Labute approximate surface area is 175 Å². The third-order valence-corrected chi connectivity index (χ3v) is 6.19. The number of rotatable bonds is 5. The summed E-state index contributed by atoms with van der Waals surface area (Å²) in [5, 5.41) is 0. The smallest absolute Gasteiger partial charge is 0.282 e. The predicted molar refractivity (Wildman–Crippen MR) is 114 cm³/mol. The van der Waals surface area contributed by atoms with Crippen molar-refractivity contribution in [1.29, 1.82) is 0 Å². The van der Waals surface area contributed by atoms with Gasteiger partial charge in [-0.3, -0.25) is 19.4 Å². The highest BCUT2D eigenvalue weighted by Gasteiger charge is 2.36. The Morgan fingerprint density at radius 3 is 2.24 bits per heavy atom. The van der Waals surface area contributed by atoms with Crippen LogP contribution in [0.2, 0.25) is 0 Å². The van der Waals surface area contributed by atoms with E-state index in [2.05, 4.69) is 30.2 Å². The summed E-state index contributed by atoms with van der Waals surface area (Å²) >= 11 is 0. The molecular weight excluding hydrogens is 371 g/mol. The van der Waals surface area contributed by atoms with Crippen LogP contribution in [0, 0.1) is 0 Å². The molecule has 2 fully saturated rings. The van der Waals surface area contributed by atoms with E-state index in [4.69, 9.17) is 0 Å². The van der Waals surface area contributed by atoms with Crippen LogP contribution in [0.15, 0.2) is 24.6 Å². The van der Waals surface area contributed by atoms with E-state index in [1.165, 1.54) is 12.2 Å². The number of amides is 2. The van der Waals surface area contributed by atoms with Crippen molar-refractivity contribution in [2.24, 2.45) is 0 Å². The molecule has 0 saturated carbocycles. The molecular formula is C22H37FN4O2. The fourth-order valence-electron chi connectivity index (χ4n) is 4.49. The largest absolute Gasteiger partial charge is 0.336 e. The second-order valence-electron chi connectivity index (χ2n) is 9.11. The van der Waals surface area contributed by atoms with Gasteiger partial charge in [0, 0.05) is 62.9 Å². The standard InChI is InChI=1S/C22H37FN4O2/c1-8-20(28)25-10-12-27(18(5)15-25)22(6,7)13-19(23)21(29)26-11-9-24(16(2)3)14-17(26)4/h8,13,16-18H,1,9-12,14-15H2,2-7H3/t17-,18+/m1/s1. The highest BCUT2D eigenvalue weighted by atomic mass is 19.1. The fourth-order valence-corrected chi connectivity index (χ4v) is 4.49. The molecule has 2 amide bonds. The molecule has 0 bridgehead atoms. The molecule has 164 valence electrons. The number of carbonyl (C=O) groups excluding carboxylic acids is 2. The molecule has 0 aromatic heterocycles. The minimum absolute atomic E-state index is 0.0201. The van der Waals surface area contributed by atoms with Crippen molar-refractivity contribution in [3.8, 4) is 0 Å². The SMILES string of the molecule is C=CC(=O)N1CCN(C(C)(C)C=C(F)C(=O)N2CCN(C(C)C)C[C@H]2C)[C@@H](C)C1. The lowest BCUT2D eigenvalue weighted by Gasteiger charge is -2.47. The molecule has 2 saturated heterocycles. The summed E-state index contributed by atoms with van der Waals surface area (Å²) in [5.41, 5.74) is -0.633. The van der Waals surface area contributed by atoms with Crippen LogP contribution in [-0.4, -0.2) is 94.3 Å². The van der Waals surface area contributed by atoms with Gasteiger partial charge in [0.2, 0.25) is 5.91 Å². The number of nitrogens with zero attached hydrogens (tertiary/aromatic N) is 4. The van der Waals surface area contributed by atoms with Crippen LogP contribution in [-0.2, 0) is 9.59 Å². The third kappa shape index (κ3) is 5.45. The Morgan fingerprint density at radius 1 is 1.07 bits per heavy atom. The van der Waals surface area contributed by atoms with Crippen molar-refractivity contribution in [3.05, 3.63) is 24.6 Å². The summed E-state index contributed by atoms with van der Waals surface area (Å²) in [4.78, 5) is 32.5. The van der Waals surface area contributed by atoms with E-state index in [0.29, 0.717) is 32.2 Å². The molecule has 0 unspecified atom stereocenters. The lowest BCUT2D eigenvalue weighted by atomic mass is 9.97. The molecule has 29 heavy (non-hydrogen) atoms. The Morgan fingerprint density at radius 2 is 1.72 bits per heavy atom. The van der Waals surface area contributed by atoms with Gasteiger partial charge in [0.05, 0.1) is 0 Å². The maximum atomic E-state index is 15.0. The topological polar surface area (TPSA) is 47.1 Å². The van der Waals surface area contributed by atoms with Crippen molar-refractivity contribution in [2.45, 2.75) is 65.2 Å². The summed E-state index contributed by atoms with van der Waals surface area (Å²) in [6, 6.07) is 0.450. The maximum Gasteiger partial charge on any atom is 0.282 e. The molecule has 0 N–H and O–H groups in total. The van der Waals surface area contributed by atoms with Gasteiger partial charge in [-0.2, -0.15) is 0 Å². The lowest BCUT2D eigenvalue weighted by Crippen LogP contribution is -2.59. The van der Waals surface area contributed by atoms with Crippen LogP contribution in [0.5, 0.6) is 0 Å². The van der Waals surface area contributed by atoms with Crippen LogP contribution in [0.1, 0.15) is 41.5 Å². The molecule has 2 heterocycles. The molecule has 0 aromatic rings. The first-order valence-corrected chi connectivity index (χ1v) is 10.6. The average molecular weight is 409 g/mol. The summed E-state index contributed by atoms with van der Waals surface area (Å²) in [5.74, 6) is -1.31. The number of piperazine rings is 2. The first-order valence-electron chi connectivity index (χ1n) is 10.6. The minimum atomic E-state index is -0.698. The first-order chi connectivity index (χ1) is 13.5.